The fourth-order valence-corrected chi connectivity index (χ4v) is 4.60. The van der Waals surface area contributed by atoms with Crippen molar-refractivity contribution >= 4 is 38.8 Å². The third-order valence-electron chi connectivity index (χ3n) is 3.98. The van der Waals surface area contributed by atoms with Crippen molar-refractivity contribution in [3.8, 4) is 0 Å². The predicted molar refractivity (Wildman–Crippen MR) is 106 cm³/mol. The number of carbonyl (C=O) groups is 1. The average molecular weight is 372 g/mol. The fourth-order valence-electron chi connectivity index (χ4n) is 2.71. The van der Waals surface area contributed by atoms with Crippen LogP contribution in [0.1, 0.15) is 45.7 Å². The number of carbonyl (C=O) groups excluding carboxylic acids is 1. The lowest BCUT2D eigenvalue weighted by molar-refractivity contribution is 0.100. The SMILES string of the molecule is C=CCn1c(=NC(=O)c2sc(C)nc2C)sc2cc(C(C)C)ccc21. The lowest BCUT2D eigenvalue weighted by Crippen LogP contribution is -2.16. The number of rotatable bonds is 4. The standard InChI is InChI=1S/C19H21N3OS2/c1-6-9-22-15-8-7-14(11(2)3)10-16(15)25-19(22)21-18(23)17-12(4)20-13(5)24-17/h6-8,10-11H,1,9H2,2-5H3. The lowest BCUT2D eigenvalue weighted by Gasteiger charge is -2.05. The van der Waals surface area contributed by atoms with Gasteiger partial charge < -0.3 is 4.57 Å². The quantitative estimate of drug-likeness (QED) is 0.617. The number of thiazole rings is 2. The van der Waals surface area contributed by atoms with Crippen LogP contribution in [-0.2, 0) is 6.54 Å². The Morgan fingerprint density at radius 3 is 2.72 bits per heavy atom. The Hall–Kier alpha value is -2.05. The minimum atomic E-state index is -0.225. The van der Waals surface area contributed by atoms with Crippen LogP contribution in [0.3, 0.4) is 0 Å². The first-order chi connectivity index (χ1) is 11.9. The van der Waals surface area contributed by atoms with Crippen molar-refractivity contribution in [3.63, 3.8) is 0 Å². The first kappa shape index (κ1) is 17.8. The third kappa shape index (κ3) is 3.50. The minimum absolute atomic E-state index is 0.225. The second-order valence-electron chi connectivity index (χ2n) is 6.23. The maximum absolute atomic E-state index is 12.6. The van der Waals surface area contributed by atoms with Crippen LogP contribution in [0.5, 0.6) is 0 Å². The number of hydrogen-bond acceptors (Lipinski definition) is 4. The number of aryl methyl sites for hydroxylation is 2. The molecule has 1 aromatic carbocycles. The fraction of sp³-hybridized carbons (Fsp3) is 0.316. The summed E-state index contributed by atoms with van der Waals surface area (Å²) in [5, 5.41) is 0.882. The Kier molecular flexibility index (Phi) is 5.01. The summed E-state index contributed by atoms with van der Waals surface area (Å²) in [5.74, 6) is 0.237. The molecule has 1 amide bonds. The van der Waals surface area contributed by atoms with Crippen LogP contribution < -0.4 is 4.80 Å². The zero-order valence-corrected chi connectivity index (χ0v) is 16.5. The Bertz CT molecular complexity index is 1020. The molecule has 2 aromatic heterocycles. The van der Waals surface area contributed by atoms with E-state index in [9.17, 15) is 4.79 Å². The minimum Gasteiger partial charge on any atom is -0.312 e. The number of amides is 1. The third-order valence-corrected chi connectivity index (χ3v) is 6.08. The topological polar surface area (TPSA) is 47.2 Å². The van der Waals surface area contributed by atoms with Crippen molar-refractivity contribution in [3.05, 3.63) is 56.8 Å². The van der Waals surface area contributed by atoms with Gasteiger partial charge in [0.05, 0.1) is 20.9 Å². The molecule has 0 saturated carbocycles. The molecule has 0 saturated heterocycles. The second-order valence-corrected chi connectivity index (χ2v) is 8.44. The lowest BCUT2D eigenvalue weighted by atomic mass is 10.0. The molecule has 0 radical (unpaired) electrons. The summed E-state index contributed by atoms with van der Waals surface area (Å²) in [7, 11) is 0. The van der Waals surface area contributed by atoms with E-state index in [1.807, 2.05) is 24.5 Å². The Balaban J connectivity index is 2.16. The summed E-state index contributed by atoms with van der Waals surface area (Å²) < 4.78 is 3.18. The summed E-state index contributed by atoms with van der Waals surface area (Å²) in [4.78, 5) is 22.7. The van der Waals surface area contributed by atoms with Crippen LogP contribution in [0.25, 0.3) is 10.2 Å². The van der Waals surface area contributed by atoms with E-state index in [1.54, 1.807) is 11.3 Å². The zero-order chi connectivity index (χ0) is 18.1. The number of nitrogens with zero attached hydrogens (tertiary/aromatic N) is 3. The van der Waals surface area contributed by atoms with Crippen LogP contribution >= 0.6 is 22.7 Å². The molecule has 6 heteroatoms. The molecule has 0 fully saturated rings. The number of allylic oxidation sites excluding steroid dienone is 1. The molecule has 0 aliphatic carbocycles. The largest absolute Gasteiger partial charge is 0.312 e. The molecular formula is C19H21N3OS2. The summed E-state index contributed by atoms with van der Waals surface area (Å²) in [6.45, 7) is 12.6. The van der Waals surface area contributed by atoms with E-state index in [4.69, 9.17) is 0 Å². The van der Waals surface area contributed by atoms with Gasteiger partial charge in [-0.1, -0.05) is 37.3 Å². The highest BCUT2D eigenvalue weighted by molar-refractivity contribution is 7.16. The van der Waals surface area contributed by atoms with Gasteiger partial charge >= 0.3 is 0 Å². The van der Waals surface area contributed by atoms with Gasteiger partial charge in [0.2, 0.25) is 0 Å². The maximum Gasteiger partial charge on any atom is 0.291 e. The van der Waals surface area contributed by atoms with E-state index in [2.05, 4.69) is 48.6 Å². The van der Waals surface area contributed by atoms with Crippen molar-refractivity contribution in [2.75, 3.05) is 0 Å². The monoisotopic (exact) mass is 371 g/mol. The van der Waals surface area contributed by atoms with Gasteiger partial charge in [-0.3, -0.25) is 4.79 Å². The first-order valence-corrected chi connectivity index (χ1v) is 9.81. The molecule has 0 bridgehead atoms. The summed E-state index contributed by atoms with van der Waals surface area (Å²) in [5.41, 5.74) is 3.11. The molecule has 0 aliphatic rings. The van der Waals surface area contributed by atoms with Crippen molar-refractivity contribution in [2.45, 2.75) is 40.2 Å². The highest BCUT2D eigenvalue weighted by atomic mass is 32.1. The Morgan fingerprint density at radius 1 is 1.36 bits per heavy atom. The van der Waals surface area contributed by atoms with Gasteiger partial charge in [-0.2, -0.15) is 4.99 Å². The van der Waals surface area contributed by atoms with E-state index in [0.717, 1.165) is 20.9 Å². The van der Waals surface area contributed by atoms with Gasteiger partial charge in [-0.15, -0.1) is 17.9 Å². The highest BCUT2D eigenvalue weighted by Gasteiger charge is 2.14. The second kappa shape index (κ2) is 7.06. The molecule has 0 atom stereocenters. The van der Waals surface area contributed by atoms with Crippen LogP contribution in [-0.4, -0.2) is 15.5 Å². The normalized spacial score (nSPS) is 12.3. The van der Waals surface area contributed by atoms with Gasteiger partial charge in [0.25, 0.3) is 5.91 Å². The molecule has 3 rings (SSSR count). The Labute approximate surface area is 155 Å². The highest BCUT2D eigenvalue weighted by Crippen LogP contribution is 2.24. The van der Waals surface area contributed by atoms with Gasteiger partial charge in [0.1, 0.15) is 4.88 Å². The number of aromatic nitrogens is 2. The van der Waals surface area contributed by atoms with Crippen LogP contribution in [0.4, 0.5) is 0 Å². The van der Waals surface area contributed by atoms with Crippen LogP contribution in [0.15, 0.2) is 35.8 Å². The molecule has 4 nitrogen and oxygen atoms in total. The van der Waals surface area contributed by atoms with Gasteiger partial charge in [-0.05, 0) is 37.5 Å². The van der Waals surface area contributed by atoms with Crippen molar-refractivity contribution in [1.29, 1.82) is 0 Å². The molecule has 3 aromatic rings. The molecule has 0 N–H and O–H groups in total. The zero-order valence-electron chi connectivity index (χ0n) is 14.9. The molecule has 25 heavy (non-hydrogen) atoms. The number of hydrogen-bond donors (Lipinski definition) is 0. The summed E-state index contributed by atoms with van der Waals surface area (Å²) in [6.07, 6.45) is 1.83. The van der Waals surface area contributed by atoms with Crippen molar-refractivity contribution < 1.29 is 4.79 Å². The van der Waals surface area contributed by atoms with Crippen LogP contribution in [0.2, 0.25) is 0 Å². The molecule has 2 heterocycles. The smallest absolute Gasteiger partial charge is 0.291 e. The van der Waals surface area contributed by atoms with E-state index in [-0.39, 0.29) is 5.91 Å². The Morgan fingerprint density at radius 2 is 2.12 bits per heavy atom. The van der Waals surface area contributed by atoms with Crippen molar-refractivity contribution in [2.24, 2.45) is 4.99 Å². The average Bonchev–Trinajstić information content (AvgIpc) is 3.07. The van der Waals surface area contributed by atoms with E-state index < -0.39 is 0 Å². The van der Waals surface area contributed by atoms with E-state index in [1.165, 1.54) is 16.9 Å². The molecule has 0 aliphatic heterocycles. The first-order valence-electron chi connectivity index (χ1n) is 8.18. The molecular weight excluding hydrogens is 350 g/mol. The number of benzene rings is 1. The number of fused-ring (bicyclic) bond motifs is 1. The molecule has 130 valence electrons. The van der Waals surface area contributed by atoms with Crippen molar-refractivity contribution in [1.82, 2.24) is 9.55 Å². The van der Waals surface area contributed by atoms with E-state index in [0.29, 0.717) is 22.1 Å². The maximum atomic E-state index is 12.6. The molecule has 0 spiro atoms. The summed E-state index contributed by atoms with van der Waals surface area (Å²) in [6, 6.07) is 6.44. The van der Waals surface area contributed by atoms with Gasteiger partial charge in [-0.25, -0.2) is 4.98 Å². The predicted octanol–water partition coefficient (Wildman–Crippen LogP) is 4.83. The molecule has 0 unspecified atom stereocenters. The van der Waals surface area contributed by atoms with E-state index >= 15 is 0 Å². The van der Waals surface area contributed by atoms with Crippen LogP contribution in [0, 0.1) is 13.8 Å². The van der Waals surface area contributed by atoms with Gasteiger partial charge in [0, 0.05) is 6.54 Å². The summed E-state index contributed by atoms with van der Waals surface area (Å²) >= 11 is 2.94. The van der Waals surface area contributed by atoms with Gasteiger partial charge in [0.15, 0.2) is 4.80 Å².